The van der Waals surface area contributed by atoms with Crippen molar-refractivity contribution in [3.05, 3.63) is 0 Å². The normalized spacial score (nSPS) is 43.4. The van der Waals surface area contributed by atoms with Gasteiger partial charge < -0.3 is 9.47 Å². The van der Waals surface area contributed by atoms with Gasteiger partial charge in [-0.25, -0.2) is 0 Å². The Labute approximate surface area is 72.8 Å². The minimum Gasteiger partial charge on any atom is -0.342 e. The molecule has 3 atom stereocenters. The number of fused-ring (bicyclic) bond motifs is 1. The molecule has 3 heteroatoms. The molecule has 0 radical (unpaired) electrons. The second kappa shape index (κ2) is 2.54. The van der Waals surface area contributed by atoms with E-state index in [0.717, 1.165) is 6.42 Å². The summed E-state index contributed by atoms with van der Waals surface area (Å²) < 4.78 is 11.4. The van der Waals surface area contributed by atoms with Crippen LogP contribution >= 0.6 is 0 Å². The number of rotatable bonds is 1. The predicted octanol–water partition coefficient (Wildman–Crippen LogP) is 1.37. The summed E-state index contributed by atoms with van der Waals surface area (Å²) in [6.45, 7) is 6.02. The predicted molar refractivity (Wildman–Crippen MR) is 46.4 cm³/mol. The molecule has 0 aliphatic carbocycles. The van der Waals surface area contributed by atoms with Crippen LogP contribution in [-0.2, 0) is 9.47 Å². The van der Waals surface area contributed by atoms with E-state index in [4.69, 9.17) is 9.47 Å². The van der Waals surface area contributed by atoms with Crippen LogP contribution in [0.4, 0.5) is 0 Å². The molecule has 0 aromatic carbocycles. The van der Waals surface area contributed by atoms with Crippen LogP contribution in [0.15, 0.2) is 4.99 Å². The second-order valence-corrected chi connectivity index (χ2v) is 3.84. The van der Waals surface area contributed by atoms with Gasteiger partial charge >= 0.3 is 0 Å². The zero-order valence-corrected chi connectivity index (χ0v) is 7.78. The molecule has 0 bridgehead atoms. The first-order chi connectivity index (χ1) is 5.62. The van der Waals surface area contributed by atoms with E-state index in [2.05, 4.69) is 11.9 Å². The average molecular weight is 169 g/mol. The second-order valence-electron chi connectivity index (χ2n) is 3.84. The number of hydrogen-bond acceptors (Lipinski definition) is 3. The topological polar surface area (TPSA) is 30.8 Å². The molecule has 2 aliphatic heterocycles. The molecule has 1 fully saturated rings. The van der Waals surface area contributed by atoms with E-state index < -0.39 is 5.79 Å². The molecule has 12 heavy (non-hydrogen) atoms. The van der Waals surface area contributed by atoms with E-state index in [9.17, 15) is 0 Å². The average Bonchev–Trinajstić information content (AvgIpc) is 2.42. The van der Waals surface area contributed by atoms with Crippen LogP contribution in [0.2, 0.25) is 0 Å². The zero-order valence-electron chi connectivity index (χ0n) is 7.78. The van der Waals surface area contributed by atoms with E-state index in [1.807, 2.05) is 20.1 Å². The Morgan fingerprint density at radius 3 is 2.83 bits per heavy atom. The number of ether oxygens (including phenoxy) is 2. The van der Waals surface area contributed by atoms with Crippen LogP contribution < -0.4 is 0 Å². The van der Waals surface area contributed by atoms with Gasteiger partial charge in [0.2, 0.25) is 0 Å². The maximum absolute atomic E-state index is 5.73. The summed E-state index contributed by atoms with van der Waals surface area (Å²) in [5, 5.41) is 0. The lowest BCUT2D eigenvalue weighted by atomic mass is 10.1. The third-order valence-corrected chi connectivity index (χ3v) is 2.39. The molecule has 1 saturated heterocycles. The number of aliphatic imine (C=N–C) groups is 1. The van der Waals surface area contributed by atoms with Gasteiger partial charge in [0.1, 0.15) is 12.2 Å². The molecule has 0 aromatic heterocycles. The Bertz CT molecular complexity index is 213. The fraction of sp³-hybridized carbons (Fsp3) is 0.889. The summed E-state index contributed by atoms with van der Waals surface area (Å²) in [7, 11) is 0. The van der Waals surface area contributed by atoms with Gasteiger partial charge in [-0.3, -0.25) is 4.99 Å². The SMILES string of the molecule is CC[C@H]1N=C[C@@H]2OC(C)(C)O[C@@H]21. The quantitative estimate of drug-likeness (QED) is 0.593. The standard InChI is InChI=1S/C9H15NO2/c1-4-6-8-7(5-10-6)11-9(2,3)12-8/h5-8H,4H2,1-3H3/t6-,7+,8-/m1/s1. The number of nitrogens with zero attached hydrogens (tertiary/aromatic N) is 1. The molecule has 0 unspecified atom stereocenters. The molecule has 0 spiro atoms. The molecule has 0 aromatic rings. The molecule has 68 valence electrons. The van der Waals surface area contributed by atoms with Crippen molar-refractivity contribution in [2.75, 3.05) is 0 Å². The summed E-state index contributed by atoms with van der Waals surface area (Å²) in [4.78, 5) is 4.33. The maximum Gasteiger partial charge on any atom is 0.164 e. The largest absolute Gasteiger partial charge is 0.342 e. The first kappa shape index (κ1) is 8.20. The highest BCUT2D eigenvalue weighted by Gasteiger charge is 2.46. The molecule has 2 rings (SSSR count). The van der Waals surface area contributed by atoms with Gasteiger partial charge in [0.05, 0.1) is 6.04 Å². The highest BCUT2D eigenvalue weighted by atomic mass is 16.8. The van der Waals surface area contributed by atoms with Gasteiger partial charge in [-0.2, -0.15) is 0 Å². The highest BCUT2D eigenvalue weighted by Crippen LogP contribution is 2.33. The Hall–Kier alpha value is -0.410. The molecule has 2 heterocycles. The Morgan fingerprint density at radius 2 is 2.17 bits per heavy atom. The minimum atomic E-state index is -0.421. The first-order valence-electron chi connectivity index (χ1n) is 4.51. The van der Waals surface area contributed by atoms with E-state index in [-0.39, 0.29) is 12.2 Å². The fourth-order valence-electron chi connectivity index (χ4n) is 1.85. The van der Waals surface area contributed by atoms with Crippen molar-refractivity contribution < 1.29 is 9.47 Å². The first-order valence-corrected chi connectivity index (χ1v) is 4.51. The molecule has 0 amide bonds. The van der Waals surface area contributed by atoms with Gasteiger partial charge in [-0.1, -0.05) is 6.92 Å². The Balaban J connectivity index is 2.11. The van der Waals surface area contributed by atoms with Crippen molar-refractivity contribution >= 4 is 6.21 Å². The summed E-state index contributed by atoms with van der Waals surface area (Å²) in [6, 6.07) is 0.303. The molecule has 2 aliphatic rings. The van der Waals surface area contributed by atoms with Crippen molar-refractivity contribution in [1.82, 2.24) is 0 Å². The summed E-state index contributed by atoms with van der Waals surface area (Å²) in [5.41, 5.74) is 0. The van der Waals surface area contributed by atoms with Crippen LogP contribution in [0.25, 0.3) is 0 Å². The maximum atomic E-state index is 5.73. The van der Waals surface area contributed by atoms with Crippen molar-refractivity contribution in [3.8, 4) is 0 Å². The zero-order chi connectivity index (χ0) is 8.77. The van der Waals surface area contributed by atoms with Crippen LogP contribution in [0.5, 0.6) is 0 Å². The summed E-state index contributed by atoms with van der Waals surface area (Å²) >= 11 is 0. The third kappa shape index (κ3) is 1.17. The monoisotopic (exact) mass is 169 g/mol. The third-order valence-electron chi connectivity index (χ3n) is 2.39. The molecule has 0 N–H and O–H groups in total. The van der Waals surface area contributed by atoms with Crippen LogP contribution in [0.3, 0.4) is 0 Å². The van der Waals surface area contributed by atoms with E-state index >= 15 is 0 Å². The smallest absolute Gasteiger partial charge is 0.164 e. The molecule has 0 saturated carbocycles. The van der Waals surface area contributed by atoms with E-state index in [1.54, 1.807) is 0 Å². The lowest BCUT2D eigenvalue weighted by molar-refractivity contribution is -0.144. The Kier molecular flexibility index (Phi) is 1.73. The van der Waals surface area contributed by atoms with Crippen molar-refractivity contribution in [2.45, 2.75) is 51.2 Å². The van der Waals surface area contributed by atoms with Gasteiger partial charge in [-0.15, -0.1) is 0 Å². The van der Waals surface area contributed by atoms with E-state index in [1.165, 1.54) is 0 Å². The van der Waals surface area contributed by atoms with Crippen LogP contribution in [-0.4, -0.2) is 30.3 Å². The van der Waals surface area contributed by atoms with Crippen LogP contribution in [0, 0.1) is 0 Å². The van der Waals surface area contributed by atoms with Gasteiger partial charge in [0.25, 0.3) is 0 Å². The van der Waals surface area contributed by atoms with Crippen LogP contribution in [0.1, 0.15) is 27.2 Å². The summed E-state index contributed by atoms with van der Waals surface area (Å²) in [6.07, 6.45) is 3.15. The van der Waals surface area contributed by atoms with E-state index in [0.29, 0.717) is 6.04 Å². The summed E-state index contributed by atoms with van der Waals surface area (Å²) in [5.74, 6) is -0.421. The fourth-order valence-corrected chi connectivity index (χ4v) is 1.85. The number of hydrogen-bond donors (Lipinski definition) is 0. The Morgan fingerprint density at radius 1 is 1.42 bits per heavy atom. The molecule has 3 nitrogen and oxygen atoms in total. The van der Waals surface area contributed by atoms with Crippen molar-refractivity contribution in [1.29, 1.82) is 0 Å². The van der Waals surface area contributed by atoms with Gasteiger partial charge in [0, 0.05) is 6.21 Å². The minimum absolute atomic E-state index is 0.0879. The lowest BCUT2D eigenvalue weighted by Crippen LogP contribution is -2.28. The molecular weight excluding hydrogens is 154 g/mol. The van der Waals surface area contributed by atoms with Crippen molar-refractivity contribution in [2.24, 2.45) is 4.99 Å². The molecular formula is C9H15NO2. The lowest BCUT2D eigenvalue weighted by Gasteiger charge is -2.19. The van der Waals surface area contributed by atoms with Crippen molar-refractivity contribution in [3.63, 3.8) is 0 Å². The van der Waals surface area contributed by atoms with Gasteiger partial charge in [0.15, 0.2) is 5.79 Å². The highest BCUT2D eigenvalue weighted by molar-refractivity contribution is 5.68. The van der Waals surface area contributed by atoms with Gasteiger partial charge in [-0.05, 0) is 20.3 Å².